The highest BCUT2D eigenvalue weighted by molar-refractivity contribution is 7.91. The van der Waals surface area contributed by atoms with Gasteiger partial charge in [0, 0.05) is 32.7 Å². The number of thiophene rings is 1. The number of fused-ring (bicyclic) bond motifs is 1. The highest BCUT2D eigenvalue weighted by Crippen LogP contribution is 2.31. The second kappa shape index (κ2) is 9.74. The fraction of sp³-hybridized carbons (Fsp3) is 0.429. The molecule has 32 heavy (non-hydrogen) atoms. The number of piperidine rings is 1. The van der Waals surface area contributed by atoms with E-state index in [1.165, 1.54) is 21.7 Å². The number of nitrogens with zero attached hydrogens (tertiary/aromatic N) is 3. The van der Waals surface area contributed by atoms with Gasteiger partial charge in [0.1, 0.15) is 4.21 Å². The van der Waals surface area contributed by atoms with Crippen molar-refractivity contribution in [1.29, 1.82) is 0 Å². The predicted octanol–water partition coefficient (Wildman–Crippen LogP) is 3.90. The van der Waals surface area contributed by atoms with Crippen LogP contribution in [0.25, 0.3) is 10.2 Å². The summed E-state index contributed by atoms with van der Waals surface area (Å²) in [5.41, 5.74) is 2.18. The standard InChI is InChI=1S/C21H24ClN3O4S3/c1-14-3-4-16-17(13-14)30-21(25(16)11-12-29-2)23-20(26)15-7-9-24(10-8-15)32(27,28)19-6-5-18(22)31-19/h3-6,13,15H,7-12H2,1-2H3. The van der Waals surface area contributed by atoms with E-state index < -0.39 is 10.0 Å². The van der Waals surface area contributed by atoms with E-state index in [2.05, 4.69) is 11.1 Å². The summed E-state index contributed by atoms with van der Waals surface area (Å²) in [6.07, 6.45) is 0.894. The Labute approximate surface area is 200 Å². The zero-order valence-corrected chi connectivity index (χ0v) is 21.0. The van der Waals surface area contributed by atoms with Crippen LogP contribution in [0.2, 0.25) is 4.34 Å². The molecule has 0 N–H and O–H groups in total. The van der Waals surface area contributed by atoms with Crippen LogP contribution in [-0.4, -0.2) is 50.0 Å². The van der Waals surface area contributed by atoms with E-state index in [0.29, 0.717) is 48.2 Å². The van der Waals surface area contributed by atoms with E-state index in [0.717, 1.165) is 27.1 Å². The Morgan fingerprint density at radius 2 is 1.97 bits per heavy atom. The van der Waals surface area contributed by atoms with Crippen LogP contribution in [0, 0.1) is 12.8 Å². The first kappa shape index (κ1) is 23.6. The molecule has 7 nitrogen and oxygen atoms in total. The summed E-state index contributed by atoms with van der Waals surface area (Å²) in [6, 6.07) is 9.28. The highest BCUT2D eigenvalue weighted by Gasteiger charge is 2.33. The average molecular weight is 514 g/mol. The molecule has 1 aliphatic rings. The monoisotopic (exact) mass is 513 g/mol. The van der Waals surface area contributed by atoms with Crippen molar-refractivity contribution in [3.8, 4) is 0 Å². The molecule has 11 heteroatoms. The topological polar surface area (TPSA) is 81.0 Å². The van der Waals surface area contributed by atoms with Crippen molar-refractivity contribution in [2.24, 2.45) is 10.9 Å². The molecular formula is C21H24ClN3O4S3. The second-order valence-electron chi connectivity index (χ2n) is 7.69. The molecule has 172 valence electrons. The molecule has 1 aliphatic heterocycles. The van der Waals surface area contributed by atoms with Crippen LogP contribution < -0.4 is 4.80 Å². The average Bonchev–Trinajstić information content (AvgIpc) is 3.35. The third kappa shape index (κ3) is 4.85. The Kier molecular flexibility index (Phi) is 7.18. The lowest BCUT2D eigenvalue weighted by atomic mass is 9.98. The minimum absolute atomic E-state index is 0.198. The summed E-state index contributed by atoms with van der Waals surface area (Å²) in [5, 5.41) is 0. The third-order valence-corrected chi connectivity index (χ3v) is 10.1. The van der Waals surface area contributed by atoms with Crippen LogP contribution in [0.3, 0.4) is 0 Å². The summed E-state index contributed by atoms with van der Waals surface area (Å²) in [6.45, 7) is 3.74. The SMILES string of the molecule is COCCn1c(=NC(=O)C2CCN(S(=O)(=O)c3ccc(Cl)s3)CC2)sc2cc(C)ccc21. The highest BCUT2D eigenvalue weighted by atomic mass is 35.5. The van der Waals surface area contributed by atoms with Crippen molar-refractivity contribution in [3.05, 3.63) is 45.0 Å². The van der Waals surface area contributed by atoms with Crippen molar-refractivity contribution >= 4 is 60.4 Å². The Balaban J connectivity index is 1.53. The van der Waals surface area contributed by atoms with Crippen molar-refractivity contribution in [3.63, 3.8) is 0 Å². The smallest absolute Gasteiger partial charge is 0.252 e. The molecule has 4 rings (SSSR count). The lowest BCUT2D eigenvalue weighted by Crippen LogP contribution is -2.40. The molecule has 0 atom stereocenters. The van der Waals surface area contributed by atoms with Gasteiger partial charge in [-0.1, -0.05) is 29.0 Å². The minimum atomic E-state index is -3.58. The zero-order valence-electron chi connectivity index (χ0n) is 17.8. The van der Waals surface area contributed by atoms with Gasteiger partial charge in [-0.15, -0.1) is 11.3 Å². The summed E-state index contributed by atoms with van der Waals surface area (Å²) >= 11 is 8.43. The Hall–Kier alpha value is -1.56. The van der Waals surface area contributed by atoms with Gasteiger partial charge in [-0.05, 0) is 49.6 Å². The van der Waals surface area contributed by atoms with Crippen LogP contribution in [0.4, 0.5) is 0 Å². The van der Waals surface area contributed by atoms with Crippen LogP contribution in [-0.2, 0) is 26.1 Å². The van der Waals surface area contributed by atoms with Crippen LogP contribution in [0.1, 0.15) is 18.4 Å². The van der Waals surface area contributed by atoms with Gasteiger partial charge >= 0.3 is 0 Å². The number of methoxy groups -OCH3 is 1. The van der Waals surface area contributed by atoms with Gasteiger partial charge in [0.15, 0.2) is 4.80 Å². The number of amides is 1. The van der Waals surface area contributed by atoms with Crippen LogP contribution >= 0.6 is 34.3 Å². The van der Waals surface area contributed by atoms with E-state index in [9.17, 15) is 13.2 Å². The number of halogens is 1. The summed E-state index contributed by atoms with van der Waals surface area (Å²) < 4.78 is 36.0. The number of ether oxygens (including phenoxy) is 1. The van der Waals surface area contributed by atoms with Crippen molar-refractivity contribution < 1.29 is 17.9 Å². The molecule has 1 saturated heterocycles. The molecule has 2 aromatic heterocycles. The van der Waals surface area contributed by atoms with Gasteiger partial charge in [0.2, 0.25) is 0 Å². The fourth-order valence-corrected chi connectivity index (χ4v) is 8.02. The first-order chi connectivity index (χ1) is 15.3. The molecule has 0 radical (unpaired) electrons. The minimum Gasteiger partial charge on any atom is -0.383 e. The molecule has 0 saturated carbocycles. The maximum Gasteiger partial charge on any atom is 0.252 e. The van der Waals surface area contributed by atoms with Gasteiger partial charge in [-0.3, -0.25) is 4.79 Å². The molecule has 1 amide bonds. The number of aryl methyl sites for hydroxylation is 1. The van der Waals surface area contributed by atoms with Crippen LogP contribution in [0.15, 0.2) is 39.5 Å². The van der Waals surface area contributed by atoms with Gasteiger partial charge in [0.05, 0.1) is 21.2 Å². The maximum absolute atomic E-state index is 13.0. The number of carbonyl (C=O) groups excluding carboxylic acids is 1. The molecule has 0 aliphatic carbocycles. The largest absolute Gasteiger partial charge is 0.383 e. The molecule has 1 fully saturated rings. The third-order valence-electron chi connectivity index (χ3n) is 5.51. The predicted molar refractivity (Wildman–Crippen MR) is 128 cm³/mol. The Bertz CT molecular complexity index is 1300. The van der Waals surface area contributed by atoms with E-state index >= 15 is 0 Å². The number of aromatic nitrogens is 1. The van der Waals surface area contributed by atoms with Gasteiger partial charge in [-0.25, -0.2) is 8.42 Å². The first-order valence-corrected chi connectivity index (χ1v) is 13.7. The lowest BCUT2D eigenvalue weighted by Gasteiger charge is -2.29. The number of rotatable bonds is 6. The molecular weight excluding hydrogens is 490 g/mol. The van der Waals surface area contributed by atoms with Crippen molar-refractivity contribution in [2.75, 3.05) is 26.8 Å². The van der Waals surface area contributed by atoms with E-state index in [1.54, 1.807) is 13.2 Å². The quantitative estimate of drug-likeness (QED) is 0.500. The summed E-state index contributed by atoms with van der Waals surface area (Å²) in [7, 11) is -1.93. The van der Waals surface area contributed by atoms with Gasteiger partial charge in [0.25, 0.3) is 15.9 Å². The van der Waals surface area contributed by atoms with Gasteiger partial charge in [-0.2, -0.15) is 9.30 Å². The van der Waals surface area contributed by atoms with Crippen molar-refractivity contribution in [1.82, 2.24) is 8.87 Å². The Morgan fingerprint density at radius 1 is 1.22 bits per heavy atom. The first-order valence-electron chi connectivity index (χ1n) is 10.2. The number of carbonyl (C=O) groups is 1. The molecule has 0 bridgehead atoms. The molecule has 3 heterocycles. The summed E-state index contributed by atoms with van der Waals surface area (Å²) in [4.78, 5) is 18.1. The second-order valence-corrected chi connectivity index (χ2v) is 12.6. The van der Waals surface area contributed by atoms with Crippen LogP contribution in [0.5, 0.6) is 0 Å². The number of thiazole rings is 1. The lowest BCUT2D eigenvalue weighted by molar-refractivity contribution is -0.122. The number of hydrogen-bond donors (Lipinski definition) is 0. The maximum atomic E-state index is 13.0. The van der Waals surface area contributed by atoms with E-state index in [1.807, 2.05) is 23.6 Å². The molecule has 1 aromatic carbocycles. The number of sulfonamides is 1. The number of benzene rings is 1. The molecule has 0 unspecified atom stereocenters. The number of hydrogen-bond acceptors (Lipinski definition) is 6. The zero-order chi connectivity index (χ0) is 22.9. The normalized spacial score (nSPS) is 16.8. The summed E-state index contributed by atoms with van der Waals surface area (Å²) in [5.74, 6) is -0.494. The fourth-order valence-electron chi connectivity index (χ4n) is 3.76. The molecule has 0 spiro atoms. The van der Waals surface area contributed by atoms with E-state index in [-0.39, 0.29) is 16.0 Å². The van der Waals surface area contributed by atoms with E-state index in [4.69, 9.17) is 16.3 Å². The Morgan fingerprint density at radius 3 is 2.62 bits per heavy atom. The molecule has 3 aromatic rings. The van der Waals surface area contributed by atoms with Crippen molar-refractivity contribution in [2.45, 2.75) is 30.5 Å². The van der Waals surface area contributed by atoms with Gasteiger partial charge < -0.3 is 9.30 Å².